The van der Waals surface area contributed by atoms with Crippen LogP contribution >= 0.6 is 0 Å². The number of pyridine rings is 2. The predicted molar refractivity (Wildman–Crippen MR) is 164 cm³/mol. The standard InChI is InChI=1S/C30H41N5O2SSi/c1-21(34-38(36)29(2,3)4)25-13-11-14-26(33-25)22-16-17-23-19-31-35(27(23)18-22)28-15-10-12-24(32-28)20-37-39(8,9)30(5,6)7/h10-19,21,34H,20H2,1-9H3/t21-,38-/m1/s1. The molecular formula is C30H41N5O2SSi. The van der Waals surface area contributed by atoms with Crippen LogP contribution in [0.1, 0.15) is 65.9 Å². The highest BCUT2D eigenvalue weighted by atomic mass is 32.2. The van der Waals surface area contributed by atoms with Crippen LogP contribution in [0.3, 0.4) is 0 Å². The Morgan fingerprint density at radius 2 is 1.72 bits per heavy atom. The number of benzene rings is 1. The van der Waals surface area contributed by atoms with Crippen LogP contribution in [-0.2, 0) is 22.4 Å². The van der Waals surface area contributed by atoms with Crippen LogP contribution < -0.4 is 4.72 Å². The first-order chi connectivity index (χ1) is 18.2. The van der Waals surface area contributed by atoms with Crippen LogP contribution in [0.15, 0.2) is 60.8 Å². The zero-order valence-corrected chi connectivity index (χ0v) is 26.4. The van der Waals surface area contributed by atoms with Gasteiger partial charge in [-0.3, -0.25) is 4.98 Å². The van der Waals surface area contributed by atoms with E-state index in [0.717, 1.165) is 39.4 Å². The molecule has 0 saturated carbocycles. The molecule has 0 amide bonds. The van der Waals surface area contributed by atoms with Gasteiger partial charge in [0, 0.05) is 22.3 Å². The second-order valence-corrected chi connectivity index (χ2v) is 19.3. The molecule has 39 heavy (non-hydrogen) atoms. The third kappa shape index (κ3) is 6.78. The van der Waals surface area contributed by atoms with Crippen molar-refractivity contribution < 1.29 is 8.98 Å². The van der Waals surface area contributed by atoms with Gasteiger partial charge in [0.15, 0.2) is 14.1 Å². The third-order valence-corrected chi connectivity index (χ3v) is 13.5. The molecule has 208 valence electrons. The summed E-state index contributed by atoms with van der Waals surface area (Å²) in [4.78, 5) is 9.78. The topological polar surface area (TPSA) is 87.9 Å². The first kappa shape index (κ1) is 29.4. The maximum Gasteiger partial charge on any atom is 0.192 e. The molecular weight excluding hydrogens is 523 g/mol. The van der Waals surface area contributed by atoms with Crippen molar-refractivity contribution in [1.82, 2.24) is 24.5 Å². The number of fused-ring (bicyclic) bond motifs is 1. The molecule has 4 aromatic rings. The monoisotopic (exact) mass is 563 g/mol. The van der Waals surface area contributed by atoms with E-state index in [-0.39, 0.29) is 15.8 Å². The van der Waals surface area contributed by atoms with E-state index >= 15 is 0 Å². The maximum absolute atomic E-state index is 12.6. The van der Waals surface area contributed by atoms with Gasteiger partial charge in [-0.15, -0.1) is 4.72 Å². The fraction of sp³-hybridized carbons (Fsp3) is 0.433. The van der Waals surface area contributed by atoms with E-state index in [1.165, 1.54) is 0 Å². The molecule has 0 saturated heterocycles. The largest absolute Gasteiger partial charge is 0.598 e. The van der Waals surface area contributed by atoms with Crippen molar-refractivity contribution in [2.24, 2.45) is 0 Å². The first-order valence-corrected chi connectivity index (χ1v) is 17.4. The molecule has 7 nitrogen and oxygen atoms in total. The van der Waals surface area contributed by atoms with Gasteiger partial charge in [-0.05, 0) is 76.2 Å². The Bertz CT molecular complexity index is 1440. The average Bonchev–Trinajstić information content (AvgIpc) is 3.30. The van der Waals surface area contributed by atoms with Crippen LogP contribution in [0.4, 0.5) is 0 Å². The molecule has 1 N–H and O–H groups in total. The molecule has 0 radical (unpaired) electrons. The van der Waals surface area contributed by atoms with Crippen molar-refractivity contribution in [3.63, 3.8) is 0 Å². The Morgan fingerprint density at radius 1 is 1.00 bits per heavy atom. The van der Waals surface area contributed by atoms with Gasteiger partial charge in [-0.2, -0.15) is 5.10 Å². The quantitative estimate of drug-likeness (QED) is 0.181. The van der Waals surface area contributed by atoms with E-state index in [2.05, 4.69) is 61.9 Å². The number of nitrogens with zero attached hydrogens (tertiary/aromatic N) is 4. The molecule has 0 aliphatic heterocycles. The van der Waals surface area contributed by atoms with Gasteiger partial charge in [0.05, 0.1) is 41.4 Å². The molecule has 3 heterocycles. The first-order valence-electron chi connectivity index (χ1n) is 13.4. The SMILES string of the molecule is C[C@@H](N[S@+]([O-])C(C)(C)C)c1cccc(-c2ccc3cnn(-c4cccc(CO[Si](C)(C)C(C)(C)C)n4)c3c2)n1. The Balaban J connectivity index is 1.61. The van der Waals surface area contributed by atoms with E-state index in [1.807, 2.05) is 75.0 Å². The van der Waals surface area contributed by atoms with Gasteiger partial charge in [0.25, 0.3) is 0 Å². The van der Waals surface area contributed by atoms with Gasteiger partial charge in [-0.1, -0.05) is 45.0 Å². The molecule has 0 aliphatic carbocycles. The summed E-state index contributed by atoms with van der Waals surface area (Å²) in [5.74, 6) is 0.752. The van der Waals surface area contributed by atoms with Gasteiger partial charge in [0.1, 0.15) is 4.75 Å². The molecule has 0 aliphatic rings. The van der Waals surface area contributed by atoms with Crippen molar-refractivity contribution in [1.29, 1.82) is 0 Å². The third-order valence-electron chi connectivity index (χ3n) is 7.32. The molecule has 0 spiro atoms. The van der Waals surface area contributed by atoms with Crippen molar-refractivity contribution in [3.05, 3.63) is 72.2 Å². The molecule has 0 fully saturated rings. The van der Waals surface area contributed by atoms with Crippen molar-refractivity contribution in [3.8, 4) is 17.1 Å². The molecule has 4 rings (SSSR count). The summed E-state index contributed by atoms with van der Waals surface area (Å²) in [6.07, 6.45) is 1.86. The van der Waals surface area contributed by atoms with E-state index in [4.69, 9.17) is 14.4 Å². The van der Waals surface area contributed by atoms with E-state index in [9.17, 15) is 4.55 Å². The van der Waals surface area contributed by atoms with Crippen molar-refractivity contribution in [2.75, 3.05) is 0 Å². The lowest BCUT2D eigenvalue weighted by molar-refractivity contribution is 0.272. The van der Waals surface area contributed by atoms with Gasteiger partial charge < -0.3 is 8.98 Å². The minimum Gasteiger partial charge on any atom is -0.598 e. The van der Waals surface area contributed by atoms with Crippen molar-refractivity contribution >= 4 is 30.6 Å². The Hall–Kier alpha value is -2.56. The Morgan fingerprint density at radius 3 is 2.41 bits per heavy atom. The summed E-state index contributed by atoms with van der Waals surface area (Å²) < 4.78 is 23.7. The molecule has 0 bridgehead atoms. The minimum absolute atomic E-state index is 0.141. The highest BCUT2D eigenvalue weighted by Gasteiger charge is 2.37. The number of hydrogen-bond donors (Lipinski definition) is 1. The molecule has 2 atom stereocenters. The lowest BCUT2D eigenvalue weighted by atomic mass is 10.1. The lowest BCUT2D eigenvalue weighted by Crippen LogP contribution is -2.40. The summed E-state index contributed by atoms with van der Waals surface area (Å²) in [7, 11) is -1.88. The van der Waals surface area contributed by atoms with Crippen LogP contribution in [0.25, 0.3) is 28.0 Å². The fourth-order valence-electron chi connectivity index (χ4n) is 3.75. The molecule has 1 aromatic carbocycles. The molecule has 3 aromatic heterocycles. The lowest BCUT2D eigenvalue weighted by Gasteiger charge is -2.36. The van der Waals surface area contributed by atoms with E-state index < -0.39 is 19.7 Å². The maximum atomic E-state index is 12.6. The van der Waals surface area contributed by atoms with Gasteiger partial charge >= 0.3 is 0 Å². The molecule has 0 unspecified atom stereocenters. The summed E-state index contributed by atoms with van der Waals surface area (Å²) in [5.41, 5.74) is 4.51. The summed E-state index contributed by atoms with van der Waals surface area (Å²) in [6, 6.07) is 18.0. The fourth-order valence-corrected chi connectivity index (χ4v) is 5.48. The summed E-state index contributed by atoms with van der Waals surface area (Å²) in [5, 5.41) is 5.81. The summed E-state index contributed by atoms with van der Waals surface area (Å²) in [6.45, 7) is 19.6. The number of aromatic nitrogens is 4. The second kappa shape index (κ2) is 11.1. The minimum atomic E-state index is -1.88. The predicted octanol–water partition coefficient (Wildman–Crippen LogP) is 7.12. The van der Waals surface area contributed by atoms with E-state index in [1.54, 1.807) is 0 Å². The van der Waals surface area contributed by atoms with Crippen LogP contribution in [0, 0.1) is 0 Å². The normalized spacial score (nSPS) is 14.5. The van der Waals surface area contributed by atoms with Gasteiger partial charge in [0.2, 0.25) is 0 Å². The number of rotatable bonds is 8. The number of nitrogens with one attached hydrogen (secondary N) is 1. The van der Waals surface area contributed by atoms with Crippen LogP contribution in [0.5, 0.6) is 0 Å². The number of hydrogen-bond acceptors (Lipinski definition) is 6. The Labute approximate surface area is 236 Å². The van der Waals surface area contributed by atoms with Gasteiger partial charge in [-0.25, -0.2) is 9.67 Å². The molecule has 9 heteroatoms. The second-order valence-electron chi connectivity index (χ2n) is 12.5. The zero-order valence-electron chi connectivity index (χ0n) is 24.6. The van der Waals surface area contributed by atoms with E-state index in [0.29, 0.717) is 6.61 Å². The highest BCUT2D eigenvalue weighted by molar-refractivity contribution is 7.90. The zero-order chi connectivity index (χ0) is 28.6. The van der Waals surface area contributed by atoms with Crippen LogP contribution in [-0.4, -0.2) is 37.4 Å². The van der Waals surface area contributed by atoms with Crippen molar-refractivity contribution in [2.45, 2.75) is 84.0 Å². The average molecular weight is 564 g/mol. The Kier molecular flexibility index (Phi) is 8.40. The van der Waals surface area contributed by atoms with Crippen LogP contribution in [0.2, 0.25) is 18.1 Å². The smallest absolute Gasteiger partial charge is 0.192 e. The summed E-state index contributed by atoms with van der Waals surface area (Å²) >= 11 is -1.19. The highest BCUT2D eigenvalue weighted by Crippen LogP contribution is 2.37.